The van der Waals surface area contributed by atoms with Crippen LogP contribution in [0, 0.1) is 0 Å². The molecule has 1 aromatic heterocycles. The van der Waals surface area contributed by atoms with E-state index in [0.717, 1.165) is 11.3 Å². The molecule has 0 fully saturated rings. The largest absolute Gasteiger partial charge is 0.486 e. The number of sulfonamides is 1. The summed E-state index contributed by atoms with van der Waals surface area (Å²) in [5.41, 5.74) is 6.73. The van der Waals surface area contributed by atoms with Crippen LogP contribution in [-0.4, -0.2) is 43.5 Å². The molecule has 2 heterocycles. The number of benzene rings is 1. The average Bonchev–Trinajstić information content (AvgIpc) is 2.66. The first-order chi connectivity index (χ1) is 12.9. The van der Waals surface area contributed by atoms with E-state index in [-0.39, 0.29) is 16.8 Å². The Hall–Kier alpha value is -2.72. The average molecular weight is 390 g/mol. The number of hydrogen-bond acceptors (Lipinski definition) is 7. The second-order valence-electron chi connectivity index (χ2n) is 6.40. The zero-order valence-corrected chi connectivity index (χ0v) is 15.2. The summed E-state index contributed by atoms with van der Waals surface area (Å²) in [5, 5.41) is 0. The number of ether oxygens (including phenoxy) is 2. The second-order valence-corrected chi connectivity index (χ2v) is 8.11. The van der Waals surface area contributed by atoms with Crippen LogP contribution in [0.25, 0.3) is 0 Å². The van der Waals surface area contributed by atoms with Crippen molar-refractivity contribution in [1.82, 2.24) is 14.7 Å². The molecule has 2 aromatic rings. The summed E-state index contributed by atoms with van der Waals surface area (Å²) in [6, 6.07) is 4.27. The van der Waals surface area contributed by atoms with Crippen molar-refractivity contribution in [3.63, 3.8) is 0 Å². The standard InChI is InChI=1S/C17H18N4O5S/c18-16(22)17-19-9-10-7-11(1-3-13(10)20-17)21-27(23,24)12-2-4-14-15(8-12)26-6-5-25-14/h2,4,8-9,11,21H,1,3,5-7H2,(H2,18,22). The Morgan fingerprint density at radius 3 is 2.78 bits per heavy atom. The van der Waals surface area contributed by atoms with Crippen molar-refractivity contribution in [3.05, 3.63) is 41.5 Å². The van der Waals surface area contributed by atoms with Gasteiger partial charge in [-0.25, -0.2) is 23.1 Å². The molecule has 1 amide bonds. The van der Waals surface area contributed by atoms with E-state index in [0.29, 0.717) is 44.0 Å². The number of rotatable bonds is 4. The van der Waals surface area contributed by atoms with Gasteiger partial charge < -0.3 is 15.2 Å². The highest BCUT2D eigenvalue weighted by atomic mass is 32.2. The molecule has 2 aliphatic rings. The van der Waals surface area contributed by atoms with E-state index in [1.54, 1.807) is 6.07 Å². The van der Waals surface area contributed by atoms with Gasteiger partial charge >= 0.3 is 0 Å². The number of aryl methyl sites for hydroxylation is 1. The quantitative estimate of drug-likeness (QED) is 0.761. The van der Waals surface area contributed by atoms with Crippen LogP contribution in [0.5, 0.6) is 11.5 Å². The summed E-state index contributed by atoms with van der Waals surface area (Å²) in [6.07, 6.45) is 3.07. The monoisotopic (exact) mass is 390 g/mol. The van der Waals surface area contributed by atoms with Gasteiger partial charge in [-0.05, 0) is 37.0 Å². The maximum atomic E-state index is 12.7. The van der Waals surface area contributed by atoms with Gasteiger partial charge in [0.2, 0.25) is 15.8 Å². The molecule has 1 atom stereocenters. The highest BCUT2D eigenvalue weighted by Gasteiger charge is 2.27. The molecule has 10 heteroatoms. The van der Waals surface area contributed by atoms with E-state index < -0.39 is 15.9 Å². The first-order valence-corrected chi connectivity index (χ1v) is 9.97. The smallest absolute Gasteiger partial charge is 0.286 e. The molecule has 1 aliphatic carbocycles. The molecule has 3 N–H and O–H groups in total. The molecule has 0 saturated heterocycles. The van der Waals surface area contributed by atoms with Crippen LogP contribution < -0.4 is 19.9 Å². The number of nitrogens with zero attached hydrogens (tertiary/aromatic N) is 2. The third-order valence-electron chi connectivity index (χ3n) is 4.52. The maximum Gasteiger partial charge on any atom is 0.286 e. The minimum Gasteiger partial charge on any atom is -0.486 e. The highest BCUT2D eigenvalue weighted by molar-refractivity contribution is 7.89. The fourth-order valence-electron chi connectivity index (χ4n) is 3.21. The van der Waals surface area contributed by atoms with Crippen LogP contribution >= 0.6 is 0 Å². The van der Waals surface area contributed by atoms with Gasteiger partial charge in [0.25, 0.3) is 5.91 Å². The molecule has 1 aliphatic heterocycles. The van der Waals surface area contributed by atoms with Gasteiger partial charge in [-0.3, -0.25) is 4.79 Å². The summed E-state index contributed by atoms with van der Waals surface area (Å²) in [4.78, 5) is 19.4. The number of primary amides is 1. The lowest BCUT2D eigenvalue weighted by atomic mass is 9.93. The lowest BCUT2D eigenvalue weighted by molar-refractivity contribution is 0.0990. The summed E-state index contributed by atoms with van der Waals surface area (Å²) in [7, 11) is -3.72. The summed E-state index contributed by atoms with van der Waals surface area (Å²) < 4.78 is 39.1. The van der Waals surface area contributed by atoms with Gasteiger partial charge in [0.05, 0.1) is 4.90 Å². The van der Waals surface area contributed by atoms with Crippen LogP contribution in [0.4, 0.5) is 0 Å². The predicted octanol–water partition coefficient (Wildman–Crippen LogP) is 0.182. The number of nitrogens with two attached hydrogens (primary N) is 1. The Balaban J connectivity index is 1.51. The molecule has 142 valence electrons. The summed E-state index contributed by atoms with van der Waals surface area (Å²) >= 11 is 0. The number of fused-ring (bicyclic) bond motifs is 2. The van der Waals surface area contributed by atoms with Crippen LogP contribution in [-0.2, 0) is 22.9 Å². The number of carbonyl (C=O) groups excluding carboxylic acids is 1. The van der Waals surface area contributed by atoms with Crippen LogP contribution in [0.3, 0.4) is 0 Å². The number of nitrogens with one attached hydrogen (secondary N) is 1. The molecule has 0 saturated carbocycles. The Bertz CT molecular complexity index is 1010. The Kier molecular flexibility index (Phi) is 4.44. The van der Waals surface area contributed by atoms with E-state index in [2.05, 4.69) is 14.7 Å². The second kappa shape index (κ2) is 6.78. The molecule has 0 radical (unpaired) electrons. The molecule has 9 nitrogen and oxygen atoms in total. The lowest BCUT2D eigenvalue weighted by Gasteiger charge is -2.25. The first-order valence-electron chi connectivity index (χ1n) is 8.49. The summed E-state index contributed by atoms with van der Waals surface area (Å²) in [6.45, 7) is 0.828. The third kappa shape index (κ3) is 3.58. The molecule has 1 aromatic carbocycles. The summed E-state index contributed by atoms with van der Waals surface area (Å²) in [5.74, 6) is 0.253. The molecule has 4 rings (SSSR count). The highest BCUT2D eigenvalue weighted by Crippen LogP contribution is 2.32. The van der Waals surface area contributed by atoms with Crippen molar-refractivity contribution in [1.29, 1.82) is 0 Å². The van der Waals surface area contributed by atoms with Gasteiger partial charge in [0.15, 0.2) is 11.5 Å². The van der Waals surface area contributed by atoms with E-state index in [4.69, 9.17) is 15.2 Å². The minimum absolute atomic E-state index is 0.0240. The minimum atomic E-state index is -3.72. The first kappa shape index (κ1) is 17.7. The number of hydrogen-bond donors (Lipinski definition) is 2. The molecule has 0 bridgehead atoms. The van der Waals surface area contributed by atoms with Crippen molar-refractivity contribution in [3.8, 4) is 11.5 Å². The fourth-order valence-corrected chi connectivity index (χ4v) is 4.49. The normalized spacial score (nSPS) is 18.6. The topological polar surface area (TPSA) is 134 Å². The molecular formula is C17H18N4O5S. The molecule has 0 spiro atoms. The molecule has 1 unspecified atom stereocenters. The zero-order valence-electron chi connectivity index (χ0n) is 14.3. The predicted molar refractivity (Wildman–Crippen MR) is 94.1 cm³/mol. The van der Waals surface area contributed by atoms with Gasteiger partial charge in [-0.15, -0.1) is 0 Å². The Morgan fingerprint density at radius 2 is 2.00 bits per heavy atom. The van der Waals surface area contributed by atoms with Crippen LogP contribution in [0.2, 0.25) is 0 Å². The van der Waals surface area contributed by atoms with Crippen molar-refractivity contribution in [2.45, 2.75) is 30.2 Å². The van der Waals surface area contributed by atoms with Crippen LogP contribution in [0.1, 0.15) is 28.3 Å². The number of aromatic nitrogens is 2. The molecule has 27 heavy (non-hydrogen) atoms. The van der Waals surface area contributed by atoms with Gasteiger partial charge in [0, 0.05) is 24.0 Å². The SMILES string of the molecule is NC(=O)c1ncc2c(n1)CCC(NS(=O)(=O)c1ccc3c(c1)OCCO3)C2. The van der Waals surface area contributed by atoms with E-state index >= 15 is 0 Å². The third-order valence-corrected chi connectivity index (χ3v) is 6.03. The molecular weight excluding hydrogens is 372 g/mol. The van der Waals surface area contributed by atoms with Gasteiger partial charge in [-0.1, -0.05) is 0 Å². The number of carbonyl (C=O) groups is 1. The Labute approximate surface area is 156 Å². The lowest BCUT2D eigenvalue weighted by Crippen LogP contribution is -2.39. The zero-order chi connectivity index (χ0) is 19.0. The van der Waals surface area contributed by atoms with Crippen LogP contribution in [0.15, 0.2) is 29.3 Å². The van der Waals surface area contributed by atoms with Crippen molar-refractivity contribution >= 4 is 15.9 Å². The fraction of sp³-hybridized carbons (Fsp3) is 0.353. The van der Waals surface area contributed by atoms with E-state index in [9.17, 15) is 13.2 Å². The van der Waals surface area contributed by atoms with Gasteiger partial charge in [0.1, 0.15) is 13.2 Å². The van der Waals surface area contributed by atoms with E-state index in [1.165, 1.54) is 18.3 Å². The maximum absolute atomic E-state index is 12.7. The van der Waals surface area contributed by atoms with Crippen molar-refractivity contribution in [2.24, 2.45) is 5.73 Å². The Morgan fingerprint density at radius 1 is 1.22 bits per heavy atom. The van der Waals surface area contributed by atoms with Crippen molar-refractivity contribution in [2.75, 3.05) is 13.2 Å². The van der Waals surface area contributed by atoms with E-state index in [1.807, 2.05) is 0 Å². The number of amides is 1. The van der Waals surface area contributed by atoms with Crippen molar-refractivity contribution < 1.29 is 22.7 Å². The van der Waals surface area contributed by atoms with Gasteiger partial charge in [-0.2, -0.15) is 0 Å².